The molecule has 0 saturated heterocycles. The lowest BCUT2D eigenvalue weighted by molar-refractivity contribution is 0.0920. The van der Waals surface area contributed by atoms with Crippen molar-refractivity contribution in [2.45, 2.75) is 33.2 Å². The molecule has 114 valence electrons. The molecule has 1 aromatic carbocycles. The second kappa shape index (κ2) is 5.53. The third kappa shape index (κ3) is 3.10. The van der Waals surface area contributed by atoms with E-state index >= 15 is 0 Å². The Morgan fingerprint density at radius 2 is 1.95 bits per heavy atom. The molecule has 2 rings (SSSR count). The highest BCUT2D eigenvalue weighted by molar-refractivity contribution is 5.99. The van der Waals surface area contributed by atoms with E-state index in [1.807, 2.05) is 32.3 Å². The molecule has 0 unspecified atom stereocenters. The molecule has 2 N–H and O–H groups in total. The molecule has 4 nitrogen and oxygen atoms in total. The number of hydrogen-bond donors (Lipinski definition) is 2. The van der Waals surface area contributed by atoms with Crippen molar-refractivity contribution in [1.29, 1.82) is 0 Å². The van der Waals surface area contributed by atoms with E-state index in [0.29, 0.717) is 12.1 Å². The Morgan fingerprint density at radius 1 is 1.29 bits per heavy atom. The molecule has 1 aromatic heterocycles. The number of aryl methyl sites for hydroxylation is 2. The number of fused-ring (bicyclic) bond motifs is 1. The predicted molar refractivity (Wildman–Crippen MR) is 87.9 cm³/mol. The topological polar surface area (TPSA) is 48.1 Å². The molecule has 0 aliphatic carbocycles. The average molecular weight is 287 g/mol. The van der Waals surface area contributed by atoms with E-state index in [1.54, 1.807) is 0 Å². The Kier molecular flexibility index (Phi) is 4.10. The maximum atomic E-state index is 12.3. The highest BCUT2D eigenvalue weighted by Crippen LogP contribution is 2.22. The number of carbonyl (C=O) groups excluding carboxylic acids is 1. The fourth-order valence-electron chi connectivity index (χ4n) is 2.16. The van der Waals surface area contributed by atoms with Gasteiger partial charge in [0.25, 0.3) is 5.91 Å². The Bertz CT molecular complexity index is 668. The summed E-state index contributed by atoms with van der Waals surface area (Å²) >= 11 is 0. The molecule has 1 heterocycles. The van der Waals surface area contributed by atoms with Crippen LogP contribution < -0.4 is 5.32 Å². The normalized spacial score (nSPS) is 12.1. The van der Waals surface area contributed by atoms with E-state index in [-0.39, 0.29) is 11.4 Å². The molecule has 0 radical (unpaired) electrons. The number of nitrogens with zero attached hydrogens (tertiary/aromatic N) is 1. The zero-order valence-electron chi connectivity index (χ0n) is 13.8. The minimum Gasteiger partial charge on any atom is -0.358 e. The molecule has 0 fully saturated rings. The molecule has 21 heavy (non-hydrogen) atoms. The zero-order valence-corrected chi connectivity index (χ0v) is 13.8. The van der Waals surface area contributed by atoms with Gasteiger partial charge in [0.15, 0.2) is 0 Å². The first kappa shape index (κ1) is 15.6. The molecule has 0 aliphatic heterocycles. The third-order valence-electron chi connectivity index (χ3n) is 4.46. The largest absolute Gasteiger partial charge is 0.358 e. The summed E-state index contributed by atoms with van der Waals surface area (Å²) in [7, 11) is 4.04. The maximum absolute atomic E-state index is 12.3. The van der Waals surface area contributed by atoms with Crippen LogP contribution in [-0.4, -0.2) is 42.0 Å². The number of H-pyrrole nitrogens is 1. The summed E-state index contributed by atoms with van der Waals surface area (Å²) in [5.41, 5.74) is 4.07. The number of hydrogen-bond acceptors (Lipinski definition) is 2. The summed E-state index contributed by atoms with van der Waals surface area (Å²) in [6, 6.07) is 5.81. The van der Waals surface area contributed by atoms with Gasteiger partial charge in [-0.3, -0.25) is 4.79 Å². The lowest BCUT2D eigenvalue weighted by Gasteiger charge is -2.32. The number of benzene rings is 1. The number of amides is 1. The first-order valence-electron chi connectivity index (χ1n) is 7.27. The van der Waals surface area contributed by atoms with Crippen LogP contribution in [0.5, 0.6) is 0 Å². The highest BCUT2D eigenvalue weighted by Gasteiger charge is 2.21. The SMILES string of the molecule is Cc1[nH]c2ccc(C(=O)NCC(C)(C)N(C)C)cc2c1C. The van der Waals surface area contributed by atoms with E-state index in [0.717, 1.165) is 16.6 Å². The van der Waals surface area contributed by atoms with Crippen LogP contribution in [0, 0.1) is 13.8 Å². The lowest BCUT2D eigenvalue weighted by atomic mass is 10.0. The number of aromatic amines is 1. The van der Waals surface area contributed by atoms with Crippen LogP contribution in [0.2, 0.25) is 0 Å². The van der Waals surface area contributed by atoms with Crippen LogP contribution in [0.1, 0.15) is 35.5 Å². The molecule has 0 bridgehead atoms. The monoisotopic (exact) mass is 287 g/mol. The van der Waals surface area contributed by atoms with Crippen molar-refractivity contribution in [2.75, 3.05) is 20.6 Å². The quantitative estimate of drug-likeness (QED) is 0.908. The van der Waals surface area contributed by atoms with Crippen molar-refractivity contribution < 1.29 is 4.79 Å². The number of aromatic nitrogens is 1. The minimum atomic E-state index is -0.0691. The van der Waals surface area contributed by atoms with Crippen molar-refractivity contribution in [1.82, 2.24) is 15.2 Å². The second-order valence-electron chi connectivity index (χ2n) is 6.52. The van der Waals surface area contributed by atoms with Crippen molar-refractivity contribution in [3.8, 4) is 0 Å². The maximum Gasteiger partial charge on any atom is 0.251 e. The number of nitrogens with one attached hydrogen (secondary N) is 2. The minimum absolute atomic E-state index is 0.0231. The lowest BCUT2D eigenvalue weighted by Crippen LogP contribution is -2.48. The summed E-state index contributed by atoms with van der Waals surface area (Å²) in [4.78, 5) is 17.8. The second-order valence-corrected chi connectivity index (χ2v) is 6.52. The molecule has 0 spiro atoms. The van der Waals surface area contributed by atoms with Gasteiger partial charge in [-0.15, -0.1) is 0 Å². The number of carbonyl (C=O) groups is 1. The fourth-order valence-corrected chi connectivity index (χ4v) is 2.16. The molecule has 0 atom stereocenters. The van der Waals surface area contributed by atoms with E-state index in [4.69, 9.17) is 0 Å². The number of rotatable bonds is 4. The summed E-state index contributed by atoms with van der Waals surface area (Å²) in [6.45, 7) is 8.95. The third-order valence-corrected chi connectivity index (χ3v) is 4.46. The van der Waals surface area contributed by atoms with Crippen molar-refractivity contribution in [3.63, 3.8) is 0 Å². The van der Waals surface area contributed by atoms with Crippen LogP contribution >= 0.6 is 0 Å². The fraction of sp³-hybridized carbons (Fsp3) is 0.471. The van der Waals surface area contributed by atoms with Gasteiger partial charge in [0, 0.05) is 34.2 Å². The molecular weight excluding hydrogens is 262 g/mol. The summed E-state index contributed by atoms with van der Waals surface area (Å²) < 4.78 is 0. The smallest absolute Gasteiger partial charge is 0.251 e. The van der Waals surface area contributed by atoms with Gasteiger partial charge in [-0.05, 0) is 65.6 Å². The van der Waals surface area contributed by atoms with Crippen molar-refractivity contribution >= 4 is 16.8 Å². The molecule has 4 heteroatoms. The molecule has 0 aliphatic rings. The summed E-state index contributed by atoms with van der Waals surface area (Å²) in [5.74, 6) is -0.0231. The highest BCUT2D eigenvalue weighted by atomic mass is 16.1. The van der Waals surface area contributed by atoms with Gasteiger partial charge in [0.05, 0.1) is 0 Å². The molecule has 1 amide bonds. The van der Waals surface area contributed by atoms with Gasteiger partial charge < -0.3 is 15.2 Å². The van der Waals surface area contributed by atoms with Crippen LogP contribution in [0.3, 0.4) is 0 Å². The first-order valence-corrected chi connectivity index (χ1v) is 7.27. The van der Waals surface area contributed by atoms with E-state index in [1.165, 1.54) is 5.56 Å². The Morgan fingerprint density at radius 3 is 2.57 bits per heavy atom. The Hall–Kier alpha value is -1.81. The first-order chi connectivity index (χ1) is 9.72. The molecule has 0 saturated carbocycles. The van der Waals surface area contributed by atoms with Gasteiger partial charge in [0.2, 0.25) is 0 Å². The van der Waals surface area contributed by atoms with Gasteiger partial charge in [-0.25, -0.2) is 0 Å². The predicted octanol–water partition coefficient (Wildman–Crippen LogP) is 2.85. The van der Waals surface area contributed by atoms with Gasteiger partial charge in [-0.2, -0.15) is 0 Å². The Labute approximate surface area is 126 Å². The van der Waals surface area contributed by atoms with E-state index in [2.05, 4.69) is 42.9 Å². The average Bonchev–Trinajstić information content (AvgIpc) is 2.71. The van der Waals surface area contributed by atoms with Crippen molar-refractivity contribution in [2.24, 2.45) is 0 Å². The van der Waals surface area contributed by atoms with Gasteiger partial charge in [0.1, 0.15) is 0 Å². The standard InChI is InChI=1S/C17H25N3O/c1-11-12(2)19-15-8-7-13(9-14(11)15)16(21)18-10-17(3,4)20(5)6/h7-9,19H,10H2,1-6H3,(H,18,21). The van der Waals surface area contributed by atoms with E-state index < -0.39 is 0 Å². The Balaban J connectivity index is 2.18. The zero-order chi connectivity index (χ0) is 15.8. The summed E-state index contributed by atoms with van der Waals surface area (Å²) in [6.07, 6.45) is 0. The molecular formula is C17H25N3O. The number of likely N-dealkylation sites (N-methyl/N-ethyl adjacent to an activating group) is 1. The summed E-state index contributed by atoms with van der Waals surface area (Å²) in [5, 5.41) is 4.14. The molecule has 2 aromatic rings. The van der Waals surface area contributed by atoms with E-state index in [9.17, 15) is 4.79 Å². The van der Waals surface area contributed by atoms with Gasteiger partial charge in [-0.1, -0.05) is 0 Å². The van der Waals surface area contributed by atoms with Gasteiger partial charge >= 0.3 is 0 Å². The van der Waals surface area contributed by atoms with Crippen LogP contribution in [0.15, 0.2) is 18.2 Å². The van der Waals surface area contributed by atoms with Crippen molar-refractivity contribution in [3.05, 3.63) is 35.0 Å². The van der Waals surface area contributed by atoms with Crippen LogP contribution in [0.25, 0.3) is 10.9 Å². The van der Waals surface area contributed by atoms with Crippen LogP contribution in [-0.2, 0) is 0 Å². The van der Waals surface area contributed by atoms with Crippen LogP contribution in [0.4, 0.5) is 0 Å².